The average molecular weight is 296 g/mol. The number of hydrogen-bond donors (Lipinski definition) is 1. The largest absolute Gasteiger partial charge is 0.492 e. The zero-order chi connectivity index (χ0) is 13.7. The van der Waals surface area contributed by atoms with E-state index in [1.54, 1.807) is 0 Å². The fourth-order valence-electron chi connectivity index (χ4n) is 2.45. The van der Waals surface area contributed by atoms with E-state index in [0.717, 1.165) is 32.5 Å². The molecular weight excluding hydrogens is 274 g/mol. The summed E-state index contributed by atoms with van der Waals surface area (Å²) in [6.07, 6.45) is 2.04. The van der Waals surface area contributed by atoms with Gasteiger partial charge in [-0.2, -0.15) is 5.26 Å². The van der Waals surface area contributed by atoms with Crippen molar-refractivity contribution in [1.82, 2.24) is 4.90 Å². The molecule has 1 aliphatic heterocycles. The topological polar surface area (TPSA) is 62.3 Å². The second kappa shape index (κ2) is 8.11. The normalized spacial score (nSPS) is 18.4. The Labute approximate surface area is 126 Å². The van der Waals surface area contributed by atoms with Gasteiger partial charge in [-0.25, -0.2) is 0 Å². The van der Waals surface area contributed by atoms with Gasteiger partial charge in [0, 0.05) is 19.1 Å². The highest BCUT2D eigenvalue weighted by Gasteiger charge is 2.18. The van der Waals surface area contributed by atoms with Crippen molar-refractivity contribution in [3.05, 3.63) is 29.3 Å². The van der Waals surface area contributed by atoms with Crippen molar-refractivity contribution >= 4 is 12.4 Å². The van der Waals surface area contributed by atoms with Crippen molar-refractivity contribution < 1.29 is 4.74 Å². The first-order chi connectivity index (χ1) is 9.22. The van der Waals surface area contributed by atoms with Gasteiger partial charge in [0.2, 0.25) is 0 Å². The van der Waals surface area contributed by atoms with E-state index in [0.29, 0.717) is 24.0 Å². The molecule has 0 bridgehead atoms. The predicted octanol–water partition coefficient (Wildman–Crippen LogP) is 1.95. The van der Waals surface area contributed by atoms with Crippen LogP contribution in [-0.4, -0.2) is 37.2 Å². The van der Waals surface area contributed by atoms with Gasteiger partial charge in [-0.1, -0.05) is 6.07 Å². The molecule has 20 heavy (non-hydrogen) atoms. The molecule has 4 nitrogen and oxygen atoms in total. The maximum Gasteiger partial charge on any atom is 0.137 e. The van der Waals surface area contributed by atoms with Gasteiger partial charge < -0.3 is 15.4 Å². The highest BCUT2D eigenvalue weighted by Crippen LogP contribution is 2.20. The number of ether oxygens (including phenoxy) is 1. The van der Waals surface area contributed by atoms with E-state index in [1.165, 1.54) is 5.56 Å². The average Bonchev–Trinajstić information content (AvgIpc) is 2.83. The molecule has 1 aromatic rings. The zero-order valence-corrected chi connectivity index (χ0v) is 12.7. The van der Waals surface area contributed by atoms with Gasteiger partial charge in [-0.05, 0) is 44.0 Å². The van der Waals surface area contributed by atoms with E-state index in [9.17, 15) is 0 Å². The minimum Gasteiger partial charge on any atom is -0.492 e. The van der Waals surface area contributed by atoms with E-state index >= 15 is 0 Å². The molecule has 2 N–H and O–H groups in total. The number of nitrogens with two attached hydrogens (primary N) is 1. The third-order valence-electron chi connectivity index (χ3n) is 3.49. The Morgan fingerprint density at radius 1 is 1.50 bits per heavy atom. The van der Waals surface area contributed by atoms with Crippen LogP contribution in [-0.2, 0) is 6.42 Å². The maximum absolute atomic E-state index is 9.13. The molecular formula is C15H22ClN3O. The van der Waals surface area contributed by atoms with Crippen LogP contribution >= 0.6 is 12.4 Å². The van der Waals surface area contributed by atoms with E-state index < -0.39 is 0 Å². The molecule has 1 fully saturated rings. The van der Waals surface area contributed by atoms with Gasteiger partial charge >= 0.3 is 0 Å². The Balaban J connectivity index is 0.00000200. The van der Waals surface area contributed by atoms with E-state index in [2.05, 4.69) is 11.0 Å². The van der Waals surface area contributed by atoms with Crippen LogP contribution in [0.1, 0.15) is 24.5 Å². The molecule has 1 aromatic carbocycles. The summed E-state index contributed by atoms with van der Waals surface area (Å²) in [6, 6.07) is 8.40. The molecule has 5 heteroatoms. The smallest absolute Gasteiger partial charge is 0.137 e. The number of benzene rings is 1. The number of hydrogen-bond acceptors (Lipinski definition) is 4. The van der Waals surface area contributed by atoms with Crippen molar-refractivity contribution in [3.8, 4) is 11.8 Å². The minimum absolute atomic E-state index is 0. The Morgan fingerprint density at radius 3 is 2.90 bits per heavy atom. The quantitative estimate of drug-likeness (QED) is 0.902. The Morgan fingerprint density at radius 2 is 2.30 bits per heavy atom. The molecule has 0 amide bonds. The summed E-state index contributed by atoms with van der Waals surface area (Å²) in [7, 11) is 0. The van der Waals surface area contributed by atoms with Gasteiger partial charge in [-0.15, -0.1) is 12.4 Å². The first-order valence-electron chi connectivity index (χ1n) is 6.86. The third kappa shape index (κ3) is 4.38. The Kier molecular flexibility index (Phi) is 6.80. The van der Waals surface area contributed by atoms with Crippen molar-refractivity contribution in [2.24, 2.45) is 5.73 Å². The van der Waals surface area contributed by atoms with Crippen LogP contribution in [0.15, 0.2) is 18.2 Å². The zero-order valence-electron chi connectivity index (χ0n) is 11.8. The number of likely N-dealkylation sites (tertiary alicyclic amines) is 1. The van der Waals surface area contributed by atoms with Crippen LogP contribution in [0.25, 0.3) is 0 Å². The number of rotatable bonds is 5. The summed E-state index contributed by atoms with van der Waals surface area (Å²) in [6.45, 7) is 5.59. The third-order valence-corrected chi connectivity index (χ3v) is 3.49. The van der Waals surface area contributed by atoms with Crippen LogP contribution < -0.4 is 10.5 Å². The molecule has 1 aliphatic rings. The Hall–Kier alpha value is -1.28. The lowest BCUT2D eigenvalue weighted by molar-refractivity contribution is 0.336. The molecule has 2 rings (SSSR count). The molecule has 0 radical (unpaired) electrons. The summed E-state index contributed by atoms with van der Waals surface area (Å²) in [5.74, 6) is 0.678. The van der Waals surface area contributed by atoms with Gasteiger partial charge in [0.1, 0.15) is 11.8 Å². The van der Waals surface area contributed by atoms with Crippen molar-refractivity contribution in [2.75, 3.05) is 26.2 Å². The maximum atomic E-state index is 9.13. The lowest BCUT2D eigenvalue weighted by atomic mass is 10.1. The van der Waals surface area contributed by atoms with E-state index in [-0.39, 0.29) is 12.4 Å². The molecule has 0 aliphatic carbocycles. The molecule has 0 spiro atoms. The predicted molar refractivity (Wildman–Crippen MR) is 82.3 cm³/mol. The molecule has 0 saturated carbocycles. The van der Waals surface area contributed by atoms with Crippen LogP contribution in [0, 0.1) is 11.3 Å². The van der Waals surface area contributed by atoms with Crippen LogP contribution in [0.2, 0.25) is 0 Å². The first-order valence-corrected chi connectivity index (χ1v) is 6.86. The fourth-order valence-corrected chi connectivity index (χ4v) is 2.45. The summed E-state index contributed by atoms with van der Waals surface area (Å²) < 4.78 is 5.43. The van der Waals surface area contributed by atoms with E-state index in [4.69, 9.17) is 15.7 Å². The highest BCUT2D eigenvalue weighted by molar-refractivity contribution is 5.85. The standard InChI is InChI=1S/C15H21N3O.ClH/c1-2-19-15-4-3-12(9-13(15)10-16)5-7-18-8-6-14(17)11-18;/h3-4,9,14H,2,5-8,11,17H2,1H3;1H/t14-;/m0./s1. The second-order valence-electron chi connectivity index (χ2n) is 4.97. The number of halogens is 1. The molecule has 1 saturated heterocycles. The molecule has 0 aromatic heterocycles. The summed E-state index contributed by atoms with van der Waals surface area (Å²) >= 11 is 0. The first kappa shape index (κ1) is 16.8. The summed E-state index contributed by atoms with van der Waals surface area (Å²) in [5.41, 5.74) is 7.70. The van der Waals surface area contributed by atoms with Crippen molar-refractivity contribution in [3.63, 3.8) is 0 Å². The summed E-state index contributed by atoms with van der Waals surface area (Å²) in [5, 5.41) is 9.13. The lowest BCUT2D eigenvalue weighted by Crippen LogP contribution is -2.28. The molecule has 0 unspecified atom stereocenters. The van der Waals surface area contributed by atoms with Gasteiger partial charge in [0.15, 0.2) is 0 Å². The number of nitriles is 1. The van der Waals surface area contributed by atoms with Crippen molar-refractivity contribution in [1.29, 1.82) is 5.26 Å². The van der Waals surface area contributed by atoms with Gasteiger partial charge in [0.05, 0.1) is 12.2 Å². The molecule has 1 atom stereocenters. The van der Waals surface area contributed by atoms with Gasteiger partial charge in [-0.3, -0.25) is 0 Å². The minimum atomic E-state index is 0. The van der Waals surface area contributed by atoms with E-state index in [1.807, 2.05) is 25.1 Å². The van der Waals surface area contributed by atoms with Crippen LogP contribution in [0.4, 0.5) is 0 Å². The highest BCUT2D eigenvalue weighted by atomic mass is 35.5. The second-order valence-corrected chi connectivity index (χ2v) is 4.97. The number of nitrogens with zero attached hydrogens (tertiary/aromatic N) is 2. The SMILES string of the molecule is CCOc1ccc(CCN2CC[C@H](N)C2)cc1C#N.Cl. The monoisotopic (exact) mass is 295 g/mol. The summed E-state index contributed by atoms with van der Waals surface area (Å²) in [4.78, 5) is 2.38. The Bertz CT molecular complexity index is 473. The fraction of sp³-hybridized carbons (Fsp3) is 0.533. The molecule has 1 heterocycles. The van der Waals surface area contributed by atoms with Crippen LogP contribution in [0.3, 0.4) is 0 Å². The molecule has 110 valence electrons. The van der Waals surface area contributed by atoms with Gasteiger partial charge in [0.25, 0.3) is 0 Å². The van der Waals surface area contributed by atoms with Crippen molar-refractivity contribution in [2.45, 2.75) is 25.8 Å². The lowest BCUT2D eigenvalue weighted by Gasteiger charge is -2.15. The van der Waals surface area contributed by atoms with Crippen LogP contribution in [0.5, 0.6) is 5.75 Å².